The van der Waals surface area contributed by atoms with Crippen LogP contribution in [-0.2, 0) is 11.0 Å². The molecule has 0 bridgehead atoms. The molecule has 164 valence electrons. The number of nitrogens with one attached hydrogen (secondary N) is 2. The van der Waals surface area contributed by atoms with Crippen molar-refractivity contribution in [1.82, 2.24) is 20.1 Å². The number of fused-ring (bicyclic) bond motifs is 1. The van der Waals surface area contributed by atoms with Gasteiger partial charge < -0.3 is 10.2 Å². The van der Waals surface area contributed by atoms with Crippen molar-refractivity contribution in [3.8, 4) is 0 Å². The van der Waals surface area contributed by atoms with Crippen molar-refractivity contribution in [2.24, 2.45) is 5.92 Å². The summed E-state index contributed by atoms with van der Waals surface area (Å²) in [4.78, 5) is 19.1. The third-order valence-corrected chi connectivity index (χ3v) is 6.13. The van der Waals surface area contributed by atoms with Crippen LogP contribution in [0.3, 0.4) is 0 Å². The number of hydrogen-bond acceptors (Lipinski definition) is 4. The normalized spacial score (nSPS) is 20.6. The van der Waals surface area contributed by atoms with Crippen molar-refractivity contribution in [3.05, 3.63) is 17.3 Å². The van der Waals surface area contributed by atoms with E-state index in [0.717, 1.165) is 38.2 Å². The fourth-order valence-electron chi connectivity index (χ4n) is 4.77. The van der Waals surface area contributed by atoms with Crippen LogP contribution >= 0.6 is 0 Å². The highest BCUT2D eigenvalue weighted by Crippen LogP contribution is 2.41. The van der Waals surface area contributed by atoms with Crippen LogP contribution in [0.4, 0.5) is 19.0 Å². The number of carbonyl (C=O) groups excluding carboxylic acids is 1. The summed E-state index contributed by atoms with van der Waals surface area (Å²) in [6.07, 6.45) is 1.76. The highest BCUT2D eigenvalue weighted by atomic mass is 19.4. The first-order chi connectivity index (χ1) is 14.2. The minimum absolute atomic E-state index is 0.0339. The van der Waals surface area contributed by atoms with Crippen molar-refractivity contribution in [2.75, 3.05) is 11.9 Å². The lowest BCUT2D eigenvalue weighted by molar-refractivity contribution is -0.136. The molecule has 1 aliphatic carbocycles. The summed E-state index contributed by atoms with van der Waals surface area (Å²) >= 11 is 0. The number of alkyl halides is 3. The van der Waals surface area contributed by atoms with Crippen LogP contribution in [0.25, 0.3) is 11.0 Å². The van der Waals surface area contributed by atoms with Crippen molar-refractivity contribution in [3.63, 3.8) is 0 Å². The van der Waals surface area contributed by atoms with Crippen LogP contribution in [-0.4, -0.2) is 38.6 Å². The summed E-state index contributed by atoms with van der Waals surface area (Å²) in [5, 5.41) is 9.56. The SMILES string of the molecule is CC(C)Nc1n[nH]c2nc([C@@H]3CCCN3C(=O)CC3CCCC3)cc(C(F)(F)F)c12. The lowest BCUT2D eigenvalue weighted by Gasteiger charge is -2.26. The second-order valence-corrected chi connectivity index (χ2v) is 8.79. The molecular formula is C21H28F3N5O. The molecule has 1 saturated carbocycles. The van der Waals surface area contributed by atoms with Gasteiger partial charge >= 0.3 is 6.18 Å². The second-order valence-electron chi connectivity index (χ2n) is 8.79. The van der Waals surface area contributed by atoms with Gasteiger partial charge in [-0.05, 0) is 51.5 Å². The molecule has 2 aliphatic rings. The van der Waals surface area contributed by atoms with Gasteiger partial charge in [-0.2, -0.15) is 18.3 Å². The molecule has 2 fully saturated rings. The fourth-order valence-corrected chi connectivity index (χ4v) is 4.77. The fraction of sp³-hybridized carbons (Fsp3) is 0.667. The third-order valence-electron chi connectivity index (χ3n) is 6.13. The number of aromatic nitrogens is 3. The van der Waals surface area contributed by atoms with E-state index < -0.39 is 17.8 Å². The van der Waals surface area contributed by atoms with Crippen LogP contribution in [0.5, 0.6) is 0 Å². The van der Waals surface area contributed by atoms with E-state index in [1.165, 1.54) is 0 Å². The largest absolute Gasteiger partial charge is 0.417 e. The van der Waals surface area contributed by atoms with Gasteiger partial charge in [-0.3, -0.25) is 9.89 Å². The molecule has 2 aromatic rings. The topological polar surface area (TPSA) is 73.9 Å². The van der Waals surface area contributed by atoms with Gasteiger partial charge in [0.1, 0.15) is 0 Å². The molecule has 1 aliphatic heterocycles. The Hall–Kier alpha value is -2.32. The summed E-state index contributed by atoms with van der Waals surface area (Å²) in [7, 11) is 0. The molecule has 0 unspecified atom stereocenters. The lowest BCUT2D eigenvalue weighted by atomic mass is 10.0. The minimum Gasteiger partial charge on any atom is -0.366 e. The Kier molecular flexibility index (Phi) is 5.63. The van der Waals surface area contributed by atoms with E-state index in [9.17, 15) is 18.0 Å². The monoisotopic (exact) mass is 423 g/mol. The standard InChI is InChI=1S/C21H28F3N5O/c1-12(2)25-19-18-14(21(22,23)24)11-15(26-20(18)28-27-19)16-8-5-9-29(16)17(30)10-13-6-3-4-7-13/h11-13,16H,3-10H2,1-2H3,(H2,25,26,27,28)/t16-/m0/s1. The minimum atomic E-state index is -4.55. The first-order valence-electron chi connectivity index (χ1n) is 10.8. The average Bonchev–Trinajstić information content (AvgIpc) is 3.40. The number of H-pyrrole nitrogens is 1. The van der Waals surface area contributed by atoms with Crippen molar-refractivity contribution >= 4 is 22.8 Å². The maximum atomic E-state index is 13.9. The molecular weight excluding hydrogens is 395 g/mol. The highest BCUT2D eigenvalue weighted by molar-refractivity contribution is 5.91. The Labute approximate surface area is 173 Å². The molecule has 9 heteroatoms. The first-order valence-corrected chi connectivity index (χ1v) is 10.8. The zero-order valence-electron chi connectivity index (χ0n) is 17.4. The lowest BCUT2D eigenvalue weighted by Crippen LogP contribution is -2.32. The van der Waals surface area contributed by atoms with Gasteiger partial charge in [0.2, 0.25) is 5.91 Å². The number of rotatable bonds is 5. The predicted octanol–water partition coefficient (Wildman–Crippen LogP) is 5.04. The number of aromatic amines is 1. The van der Waals surface area contributed by atoms with Gasteiger partial charge in [-0.15, -0.1) is 0 Å². The van der Waals surface area contributed by atoms with Crippen molar-refractivity contribution in [1.29, 1.82) is 0 Å². The van der Waals surface area contributed by atoms with E-state index in [2.05, 4.69) is 20.5 Å². The van der Waals surface area contributed by atoms with Crippen LogP contribution in [0.15, 0.2) is 6.07 Å². The van der Waals surface area contributed by atoms with Crippen molar-refractivity contribution in [2.45, 2.75) is 77.1 Å². The number of hydrogen-bond donors (Lipinski definition) is 2. The smallest absolute Gasteiger partial charge is 0.366 e. The predicted molar refractivity (Wildman–Crippen MR) is 108 cm³/mol. The molecule has 1 atom stereocenters. The molecule has 1 amide bonds. The molecule has 30 heavy (non-hydrogen) atoms. The summed E-state index contributed by atoms with van der Waals surface area (Å²) in [6.45, 7) is 4.24. The van der Waals surface area contributed by atoms with Crippen LogP contribution in [0, 0.1) is 5.92 Å². The quantitative estimate of drug-likeness (QED) is 0.707. The van der Waals surface area contributed by atoms with E-state index in [-0.39, 0.29) is 34.5 Å². The van der Waals surface area contributed by atoms with Crippen molar-refractivity contribution < 1.29 is 18.0 Å². The molecule has 2 aromatic heterocycles. The number of anilines is 1. The van der Waals surface area contributed by atoms with E-state index in [1.807, 2.05) is 13.8 Å². The molecule has 4 rings (SSSR count). The summed E-state index contributed by atoms with van der Waals surface area (Å²) < 4.78 is 41.8. The van der Waals surface area contributed by atoms with Gasteiger partial charge in [0, 0.05) is 19.0 Å². The molecule has 1 saturated heterocycles. The molecule has 2 N–H and O–H groups in total. The summed E-state index contributed by atoms with van der Waals surface area (Å²) in [5.41, 5.74) is -0.389. The molecule has 3 heterocycles. The Balaban J connectivity index is 1.68. The number of likely N-dealkylation sites (tertiary alicyclic amines) is 1. The third kappa shape index (κ3) is 4.11. The Morgan fingerprint density at radius 2 is 2.00 bits per heavy atom. The molecule has 0 aromatic carbocycles. The second kappa shape index (κ2) is 8.07. The Morgan fingerprint density at radius 3 is 2.67 bits per heavy atom. The summed E-state index contributed by atoms with van der Waals surface area (Å²) in [5.74, 6) is 0.579. The highest BCUT2D eigenvalue weighted by Gasteiger charge is 2.38. The number of nitrogens with zero attached hydrogens (tertiary/aromatic N) is 3. The van der Waals surface area contributed by atoms with E-state index in [4.69, 9.17) is 0 Å². The Morgan fingerprint density at radius 1 is 1.27 bits per heavy atom. The Bertz CT molecular complexity index is 917. The van der Waals surface area contributed by atoms with E-state index in [0.29, 0.717) is 25.3 Å². The van der Waals surface area contributed by atoms with Crippen LogP contribution in [0.1, 0.15) is 76.1 Å². The number of amides is 1. The number of carbonyl (C=O) groups is 1. The van der Waals surface area contributed by atoms with Gasteiger partial charge in [0.25, 0.3) is 0 Å². The summed E-state index contributed by atoms with van der Waals surface area (Å²) in [6, 6.07) is 0.611. The van der Waals surface area contributed by atoms with Gasteiger partial charge in [0.05, 0.1) is 22.7 Å². The van der Waals surface area contributed by atoms with E-state index in [1.54, 1.807) is 4.90 Å². The number of halogens is 3. The maximum Gasteiger partial charge on any atom is 0.417 e. The van der Waals surface area contributed by atoms with Gasteiger partial charge in [0.15, 0.2) is 11.5 Å². The van der Waals surface area contributed by atoms with Crippen LogP contribution in [0.2, 0.25) is 0 Å². The maximum absolute atomic E-state index is 13.9. The first kappa shape index (κ1) is 20.9. The van der Waals surface area contributed by atoms with E-state index >= 15 is 0 Å². The van der Waals surface area contributed by atoms with Gasteiger partial charge in [-0.25, -0.2) is 4.98 Å². The van der Waals surface area contributed by atoms with Gasteiger partial charge in [-0.1, -0.05) is 12.8 Å². The molecule has 0 spiro atoms. The van der Waals surface area contributed by atoms with Crippen LogP contribution < -0.4 is 5.32 Å². The molecule has 6 nitrogen and oxygen atoms in total. The molecule has 0 radical (unpaired) electrons. The number of pyridine rings is 1. The zero-order valence-corrected chi connectivity index (χ0v) is 17.4. The zero-order chi connectivity index (χ0) is 21.5. The average molecular weight is 423 g/mol.